The lowest BCUT2D eigenvalue weighted by molar-refractivity contribution is 0.0827. The van der Waals surface area contributed by atoms with Crippen LogP contribution in [0.4, 0.5) is 17.6 Å². The average Bonchev–Trinajstić information content (AvgIpc) is 3.44. The SMILES string of the molecule is Cc1cc(CNc2nccc(Nc3cc(CCc4cccc(C(=O)N(C)C)c4)[nH]n3)n2)on1. The number of aromatic amines is 1. The summed E-state index contributed by atoms with van der Waals surface area (Å²) in [6.07, 6.45) is 3.22. The van der Waals surface area contributed by atoms with Gasteiger partial charge in [-0.2, -0.15) is 10.1 Å². The summed E-state index contributed by atoms with van der Waals surface area (Å²) < 4.78 is 5.18. The van der Waals surface area contributed by atoms with Crippen molar-refractivity contribution in [2.24, 2.45) is 0 Å². The summed E-state index contributed by atoms with van der Waals surface area (Å²) in [4.78, 5) is 22.4. The van der Waals surface area contributed by atoms with Crippen molar-refractivity contribution in [3.8, 4) is 0 Å². The summed E-state index contributed by atoms with van der Waals surface area (Å²) in [5, 5.41) is 17.5. The van der Waals surface area contributed by atoms with Crippen LogP contribution in [0.2, 0.25) is 0 Å². The van der Waals surface area contributed by atoms with E-state index in [1.54, 1.807) is 31.3 Å². The number of aryl methyl sites for hydroxylation is 3. The number of rotatable bonds is 9. The van der Waals surface area contributed by atoms with Crippen LogP contribution in [-0.4, -0.2) is 50.2 Å². The van der Waals surface area contributed by atoms with Crippen LogP contribution in [-0.2, 0) is 19.4 Å². The molecule has 33 heavy (non-hydrogen) atoms. The van der Waals surface area contributed by atoms with E-state index in [0.29, 0.717) is 35.5 Å². The number of nitrogens with zero attached hydrogens (tertiary/aromatic N) is 5. The van der Waals surface area contributed by atoms with Gasteiger partial charge < -0.3 is 20.1 Å². The number of nitrogens with one attached hydrogen (secondary N) is 3. The average molecular weight is 447 g/mol. The van der Waals surface area contributed by atoms with Gasteiger partial charge in [-0.1, -0.05) is 17.3 Å². The molecule has 0 aliphatic carbocycles. The van der Waals surface area contributed by atoms with Crippen LogP contribution in [0.25, 0.3) is 0 Å². The van der Waals surface area contributed by atoms with Crippen LogP contribution in [0, 0.1) is 6.92 Å². The Kier molecular flexibility index (Phi) is 6.63. The minimum atomic E-state index is -0.000438. The Hall–Kier alpha value is -4.21. The number of benzene rings is 1. The van der Waals surface area contributed by atoms with Crippen molar-refractivity contribution in [2.75, 3.05) is 24.7 Å². The molecule has 0 saturated carbocycles. The quantitative estimate of drug-likeness (QED) is 0.358. The summed E-state index contributed by atoms with van der Waals surface area (Å²) in [5.41, 5.74) is 3.60. The molecule has 0 atom stereocenters. The predicted octanol–water partition coefficient (Wildman–Crippen LogP) is 3.34. The van der Waals surface area contributed by atoms with E-state index >= 15 is 0 Å². The second-order valence-electron chi connectivity index (χ2n) is 7.86. The van der Waals surface area contributed by atoms with Crippen LogP contribution in [0.1, 0.15) is 33.1 Å². The van der Waals surface area contributed by atoms with Crippen molar-refractivity contribution < 1.29 is 9.32 Å². The molecule has 170 valence electrons. The highest BCUT2D eigenvalue weighted by atomic mass is 16.5. The molecule has 1 aromatic carbocycles. The van der Waals surface area contributed by atoms with Gasteiger partial charge in [0.05, 0.1) is 12.2 Å². The molecule has 0 fully saturated rings. The van der Waals surface area contributed by atoms with Gasteiger partial charge in [0.25, 0.3) is 5.91 Å². The Morgan fingerprint density at radius 1 is 1.12 bits per heavy atom. The Bertz CT molecular complexity index is 1230. The zero-order valence-corrected chi connectivity index (χ0v) is 18.8. The Balaban J connectivity index is 1.33. The first-order valence-electron chi connectivity index (χ1n) is 10.6. The van der Waals surface area contributed by atoms with E-state index in [2.05, 4.69) is 36.0 Å². The number of anilines is 3. The molecular formula is C23H26N8O2. The maximum atomic E-state index is 12.2. The van der Waals surface area contributed by atoms with Crippen LogP contribution >= 0.6 is 0 Å². The van der Waals surface area contributed by atoms with Gasteiger partial charge in [-0.25, -0.2) is 4.98 Å². The van der Waals surface area contributed by atoms with Crippen molar-refractivity contribution in [1.82, 2.24) is 30.2 Å². The second-order valence-corrected chi connectivity index (χ2v) is 7.86. The minimum Gasteiger partial charge on any atom is -0.359 e. The number of amides is 1. The number of hydrogen-bond acceptors (Lipinski definition) is 8. The summed E-state index contributed by atoms with van der Waals surface area (Å²) in [7, 11) is 3.50. The summed E-state index contributed by atoms with van der Waals surface area (Å²) in [6.45, 7) is 2.31. The molecule has 3 N–H and O–H groups in total. The highest BCUT2D eigenvalue weighted by molar-refractivity contribution is 5.94. The van der Waals surface area contributed by atoms with Gasteiger partial charge in [0.1, 0.15) is 5.82 Å². The molecule has 0 aliphatic heterocycles. The maximum absolute atomic E-state index is 12.2. The largest absolute Gasteiger partial charge is 0.359 e. The summed E-state index contributed by atoms with van der Waals surface area (Å²) in [5.74, 6) is 2.46. The lowest BCUT2D eigenvalue weighted by Crippen LogP contribution is -2.21. The minimum absolute atomic E-state index is 0.000438. The fraction of sp³-hybridized carbons (Fsp3) is 0.261. The predicted molar refractivity (Wildman–Crippen MR) is 124 cm³/mol. The smallest absolute Gasteiger partial charge is 0.253 e. The van der Waals surface area contributed by atoms with Crippen LogP contribution < -0.4 is 10.6 Å². The molecule has 3 aromatic heterocycles. The lowest BCUT2D eigenvalue weighted by Gasteiger charge is -2.11. The second kappa shape index (κ2) is 9.94. The Labute approximate surface area is 191 Å². The van der Waals surface area contributed by atoms with E-state index in [1.807, 2.05) is 43.3 Å². The first-order chi connectivity index (χ1) is 16.0. The molecule has 0 aliphatic rings. The zero-order valence-electron chi connectivity index (χ0n) is 18.8. The van der Waals surface area contributed by atoms with E-state index < -0.39 is 0 Å². The van der Waals surface area contributed by atoms with Crippen molar-refractivity contribution >= 4 is 23.5 Å². The third kappa shape index (κ3) is 5.94. The van der Waals surface area contributed by atoms with Crippen molar-refractivity contribution in [3.63, 3.8) is 0 Å². The van der Waals surface area contributed by atoms with Gasteiger partial charge in [-0.05, 0) is 43.5 Å². The molecule has 0 spiro atoms. The van der Waals surface area contributed by atoms with Crippen molar-refractivity contribution in [2.45, 2.75) is 26.3 Å². The van der Waals surface area contributed by atoms with E-state index in [0.717, 1.165) is 29.8 Å². The monoisotopic (exact) mass is 446 g/mol. The van der Waals surface area contributed by atoms with Gasteiger partial charge in [0, 0.05) is 43.7 Å². The van der Waals surface area contributed by atoms with Gasteiger partial charge in [-0.15, -0.1) is 0 Å². The van der Waals surface area contributed by atoms with Crippen LogP contribution in [0.3, 0.4) is 0 Å². The molecule has 4 rings (SSSR count). The maximum Gasteiger partial charge on any atom is 0.253 e. The van der Waals surface area contributed by atoms with Gasteiger partial charge in [0.2, 0.25) is 5.95 Å². The third-order valence-corrected chi connectivity index (χ3v) is 4.90. The molecule has 10 heteroatoms. The molecule has 0 radical (unpaired) electrons. The Morgan fingerprint density at radius 3 is 2.79 bits per heavy atom. The highest BCUT2D eigenvalue weighted by Crippen LogP contribution is 2.16. The number of carbonyl (C=O) groups is 1. The number of aromatic nitrogens is 5. The fourth-order valence-corrected chi connectivity index (χ4v) is 3.26. The molecule has 1 amide bonds. The number of hydrogen-bond donors (Lipinski definition) is 3. The first kappa shape index (κ1) is 22.0. The molecular weight excluding hydrogens is 420 g/mol. The topological polar surface area (TPSA) is 125 Å². The zero-order chi connectivity index (χ0) is 23.2. The summed E-state index contributed by atoms with van der Waals surface area (Å²) in [6, 6.07) is 13.3. The van der Waals surface area contributed by atoms with Gasteiger partial charge >= 0.3 is 0 Å². The van der Waals surface area contributed by atoms with Crippen molar-refractivity contribution in [1.29, 1.82) is 0 Å². The number of carbonyl (C=O) groups excluding carboxylic acids is 1. The first-order valence-corrected chi connectivity index (χ1v) is 10.6. The standard InChI is InChI=1S/C23H26N8O2/c1-15-11-19(33-30-15)14-25-23-24-10-9-20(27-23)26-21-13-18(28-29-21)8-7-16-5-4-6-17(12-16)22(32)31(2)3/h4-6,9-13H,7-8,14H2,1-3H3,(H3,24,25,26,27,28,29). The molecule has 10 nitrogen and oxygen atoms in total. The van der Waals surface area contributed by atoms with Crippen LogP contribution in [0.5, 0.6) is 0 Å². The van der Waals surface area contributed by atoms with E-state index in [1.165, 1.54) is 0 Å². The Morgan fingerprint density at radius 2 is 2.00 bits per heavy atom. The van der Waals surface area contributed by atoms with Crippen LogP contribution in [0.15, 0.2) is 53.2 Å². The van der Waals surface area contributed by atoms with Gasteiger partial charge in [-0.3, -0.25) is 9.89 Å². The normalized spacial score (nSPS) is 10.8. The van der Waals surface area contributed by atoms with E-state index in [9.17, 15) is 4.79 Å². The molecule has 4 aromatic rings. The molecule has 0 bridgehead atoms. The van der Waals surface area contributed by atoms with E-state index in [4.69, 9.17) is 4.52 Å². The third-order valence-electron chi connectivity index (χ3n) is 4.90. The molecule has 3 heterocycles. The lowest BCUT2D eigenvalue weighted by atomic mass is 10.0. The number of H-pyrrole nitrogens is 1. The molecule has 0 saturated heterocycles. The fourth-order valence-electron chi connectivity index (χ4n) is 3.26. The van der Waals surface area contributed by atoms with Crippen molar-refractivity contribution in [3.05, 3.63) is 76.9 Å². The highest BCUT2D eigenvalue weighted by Gasteiger charge is 2.09. The van der Waals surface area contributed by atoms with Gasteiger partial charge in [0.15, 0.2) is 11.6 Å². The molecule has 0 unspecified atom stereocenters. The summed E-state index contributed by atoms with van der Waals surface area (Å²) >= 11 is 0. The van der Waals surface area contributed by atoms with E-state index in [-0.39, 0.29) is 5.91 Å².